The number of benzene rings is 1. The van der Waals surface area contributed by atoms with E-state index in [1.807, 2.05) is 6.92 Å². The molecule has 0 aromatic heterocycles. The lowest BCUT2D eigenvalue weighted by atomic mass is 10.1. The summed E-state index contributed by atoms with van der Waals surface area (Å²) in [5.41, 5.74) is 0.629. The molecule has 7 heteroatoms. The third-order valence-corrected chi connectivity index (χ3v) is 8.67. The van der Waals surface area contributed by atoms with Gasteiger partial charge in [0.2, 0.25) is 0 Å². The van der Waals surface area contributed by atoms with Gasteiger partial charge in [0.25, 0.3) is 0 Å². The van der Waals surface area contributed by atoms with Crippen LogP contribution in [0.4, 0.5) is 0 Å². The van der Waals surface area contributed by atoms with Gasteiger partial charge in [0, 0.05) is 0 Å². The second-order valence-corrected chi connectivity index (χ2v) is 10.2. The fourth-order valence-electron chi connectivity index (χ4n) is 2.79. The number of allylic oxidation sites excluding steroid dienone is 1. The average molecular weight is 372 g/mol. The normalized spacial score (nSPS) is 21.8. The highest BCUT2D eigenvalue weighted by Crippen LogP contribution is 2.56. The first kappa shape index (κ1) is 19.4. The molecule has 2 atom stereocenters. The van der Waals surface area contributed by atoms with Crippen LogP contribution in [0.15, 0.2) is 41.3 Å². The van der Waals surface area contributed by atoms with Gasteiger partial charge >= 0.3 is 7.60 Å². The van der Waals surface area contributed by atoms with E-state index in [1.165, 1.54) is 0 Å². The second kappa shape index (κ2) is 7.96. The molecule has 2 unspecified atom stereocenters. The highest BCUT2D eigenvalue weighted by atomic mass is 32.2. The maximum atomic E-state index is 12.8. The minimum atomic E-state index is -3.43. The molecule has 1 aliphatic carbocycles. The molecule has 0 bridgehead atoms. The van der Waals surface area contributed by atoms with Crippen LogP contribution in [0.5, 0.6) is 0 Å². The van der Waals surface area contributed by atoms with Crippen LogP contribution in [0.3, 0.4) is 0 Å². The fraction of sp³-hybridized carbons (Fsp3) is 0.529. The van der Waals surface area contributed by atoms with E-state index >= 15 is 0 Å². The quantitative estimate of drug-likeness (QED) is 0.532. The van der Waals surface area contributed by atoms with Gasteiger partial charge < -0.3 is 9.05 Å². The predicted octanol–water partition coefficient (Wildman–Crippen LogP) is 4.12. The van der Waals surface area contributed by atoms with Crippen molar-refractivity contribution in [3.05, 3.63) is 42.0 Å². The Labute approximate surface area is 144 Å². The predicted molar refractivity (Wildman–Crippen MR) is 95.2 cm³/mol. The molecule has 1 aliphatic rings. The van der Waals surface area contributed by atoms with Crippen LogP contribution in [-0.4, -0.2) is 32.5 Å². The van der Waals surface area contributed by atoms with Crippen LogP contribution in [0.1, 0.15) is 32.3 Å². The third-order valence-electron chi connectivity index (χ3n) is 4.07. The monoisotopic (exact) mass is 372 g/mol. The topological polar surface area (TPSA) is 69.7 Å². The molecule has 0 heterocycles. The van der Waals surface area contributed by atoms with Crippen LogP contribution in [0.25, 0.3) is 0 Å². The third kappa shape index (κ3) is 4.17. The standard InChI is InChI=1S/C17H25O5PS/c1-4-21-23(18,22-5-2)15-8-12-17(13-9-15)24(19,20)16-10-6-14(3)7-11-16/h6-8,10-12,15,17H,4-5,9,13H2,1-3H3. The Hall–Kier alpha value is -0.940. The van der Waals surface area contributed by atoms with Gasteiger partial charge in [-0.05, 0) is 45.7 Å². The molecule has 0 fully saturated rings. The zero-order valence-corrected chi connectivity index (χ0v) is 16.1. The Morgan fingerprint density at radius 3 is 2.08 bits per heavy atom. The minimum absolute atomic E-state index is 0.298. The Kier molecular flexibility index (Phi) is 6.43. The van der Waals surface area contributed by atoms with Crippen LogP contribution >= 0.6 is 7.60 Å². The second-order valence-electron chi connectivity index (χ2n) is 5.80. The molecule has 0 radical (unpaired) electrons. The summed E-state index contributed by atoms with van der Waals surface area (Å²) in [7, 11) is -6.66. The van der Waals surface area contributed by atoms with E-state index in [1.54, 1.807) is 50.3 Å². The molecule has 1 aromatic carbocycles. The van der Waals surface area contributed by atoms with E-state index in [9.17, 15) is 13.0 Å². The maximum absolute atomic E-state index is 12.8. The largest absolute Gasteiger partial charge is 0.337 e. The summed E-state index contributed by atoms with van der Waals surface area (Å²) in [6.45, 7) is 6.05. The van der Waals surface area contributed by atoms with Crippen molar-refractivity contribution < 1.29 is 22.0 Å². The summed E-state index contributed by atoms with van der Waals surface area (Å²) in [6.07, 6.45) is 4.19. The molecule has 1 aromatic rings. The molecule has 0 N–H and O–H groups in total. The van der Waals surface area contributed by atoms with Gasteiger partial charge in [0.05, 0.1) is 29.0 Å². The van der Waals surface area contributed by atoms with Crippen molar-refractivity contribution in [2.75, 3.05) is 13.2 Å². The van der Waals surface area contributed by atoms with Crippen molar-refractivity contribution in [2.45, 2.75) is 49.4 Å². The highest BCUT2D eigenvalue weighted by Gasteiger charge is 2.38. The highest BCUT2D eigenvalue weighted by molar-refractivity contribution is 7.92. The first-order valence-corrected chi connectivity index (χ1v) is 11.4. The van der Waals surface area contributed by atoms with E-state index in [0.717, 1.165) is 5.56 Å². The van der Waals surface area contributed by atoms with Crippen LogP contribution in [0.2, 0.25) is 0 Å². The molecule has 2 rings (SSSR count). The minimum Gasteiger partial charge on any atom is -0.308 e. The molecule has 0 amide bonds. The van der Waals surface area contributed by atoms with Crippen molar-refractivity contribution >= 4 is 17.4 Å². The van der Waals surface area contributed by atoms with Crippen molar-refractivity contribution in [3.63, 3.8) is 0 Å². The molecule has 0 spiro atoms. The van der Waals surface area contributed by atoms with Crippen LogP contribution in [-0.2, 0) is 23.4 Å². The molecule has 0 aliphatic heterocycles. The van der Waals surface area contributed by atoms with E-state index in [-0.39, 0.29) is 5.66 Å². The summed E-state index contributed by atoms with van der Waals surface area (Å²) in [6, 6.07) is 6.85. The lowest BCUT2D eigenvalue weighted by Gasteiger charge is -2.28. The smallest absolute Gasteiger partial charge is 0.308 e. The first-order valence-electron chi connectivity index (χ1n) is 8.21. The van der Waals surface area contributed by atoms with Gasteiger partial charge in [0.15, 0.2) is 9.84 Å². The summed E-state index contributed by atoms with van der Waals surface area (Å²) in [5.74, 6) is 0. The zero-order chi connectivity index (χ0) is 17.8. The van der Waals surface area contributed by atoms with E-state index in [2.05, 4.69) is 0 Å². The SMILES string of the molecule is CCOP(=O)(OCC)C1C=CC(S(=O)(=O)c2ccc(C)cc2)CC1. The number of hydrogen-bond donors (Lipinski definition) is 0. The number of rotatable bonds is 7. The summed E-state index contributed by atoms with van der Waals surface area (Å²) < 4.78 is 49.0. The zero-order valence-electron chi connectivity index (χ0n) is 14.3. The fourth-order valence-corrected chi connectivity index (χ4v) is 6.35. The molecule has 134 valence electrons. The van der Waals surface area contributed by atoms with Crippen molar-refractivity contribution in [3.8, 4) is 0 Å². The number of aryl methyl sites for hydroxylation is 1. The summed E-state index contributed by atoms with van der Waals surface area (Å²) in [5, 5.41) is -0.604. The summed E-state index contributed by atoms with van der Waals surface area (Å²) in [4.78, 5) is 0.319. The maximum Gasteiger partial charge on any atom is 0.337 e. The van der Waals surface area contributed by atoms with Gasteiger partial charge in [-0.3, -0.25) is 4.57 Å². The Bertz CT molecular complexity index is 714. The molecular formula is C17H25O5PS. The van der Waals surface area contributed by atoms with E-state index in [4.69, 9.17) is 9.05 Å². The Morgan fingerprint density at radius 1 is 1.04 bits per heavy atom. The average Bonchev–Trinajstić information content (AvgIpc) is 2.56. The molecule has 0 saturated heterocycles. The van der Waals surface area contributed by atoms with Crippen molar-refractivity contribution in [1.29, 1.82) is 0 Å². The molecule has 0 saturated carbocycles. The Morgan fingerprint density at radius 2 is 1.62 bits per heavy atom. The lowest BCUT2D eigenvalue weighted by Crippen LogP contribution is -2.26. The van der Waals surface area contributed by atoms with Crippen LogP contribution < -0.4 is 0 Å². The van der Waals surface area contributed by atoms with Gasteiger partial charge in [-0.15, -0.1) is 0 Å². The molecule has 5 nitrogen and oxygen atoms in total. The summed E-state index contributed by atoms with van der Waals surface area (Å²) >= 11 is 0. The van der Waals surface area contributed by atoms with E-state index in [0.29, 0.717) is 31.0 Å². The Balaban J connectivity index is 2.20. The number of hydrogen-bond acceptors (Lipinski definition) is 5. The molecular weight excluding hydrogens is 347 g/mol. The van der Waals surface area contributed by atoms with Crippen LogP contribution in [0, 0.1) is 6.92 Å². The van der Waals surface area contributed by atoms with Gasteiger partial charge in [-0.1, -0.05) is 29.8 Å². The number of sulfone groups is 1. The van der Waals surface area contributed by atoms with Gasteiger partial charge in [-0.2, -0.15) is 0 Å². The lowest BCUT2D eigenvalue weighted by molar-refractivity contribution is 0.214. The van der Waals surface area contributed by atoms with E-state index < -0.39 is 22.7 Å². The van der Waals surface area contributed by atoms with Gasteiger partial charge in [0.1, 0.15) is 0 Å². The van der Waals surface area contributed by atoms with Crippen molar-refractivity contribution in [1.82, 2.24) is 0 Å². The molecule has 24 heavy (non-hydrogen) atoms. The first-order chi connectivity index (χ1) is 11.3. The van der Waals surface area contributed by atoms with Crippen molar-refractivity contribution in [2.24, 2.45) is 0 Å². The van der Waals surface area contributed by atoms with Gasteiger partial charge in [-0.25, -0.2) is 8.42 Å².